The molecular weight excluding hydrogens is 338 g/mol. The number of likely N-dealkylation sites (N-methyl/N-ethyl adjacent to an activating group) is 2. The lowest BCUT2D eigenvalue weighted by atomic mass is 10.1. The summed E-state index contributed by atoms with van der Waals surface area (Å²) in [5, 5.41) is 0. The maximum absolute atomic E-state index is 13.4. The molecule has 0 fully saturated rings. The Morgan fingerprint density at radius 3 is 2.50 bits per heavy atom. The van der Waals surface area contributed by atoms with Gasteiger partial charge in [-0.3, -0.25) is 9.69 Å². The maximum Gasteiger partial charge on any atom is 0.236 e. The van der Waals surface area contributed by atoms with Crippen molar-refractivity contribution in [2.24, 2.45) is 0 Å². The van der Waals surface area contributed by atoms with E-state index >= 15 is 0 Å². The Morgan fingerprint density at radius 1 is 1.12 bits per heavy atom. The molecule has 0 aliphatic heterocycles. The van der Waals surface area contributed by atoms with Gasteiger partial charge in [0.2, 0.25) is 5.91 Å². The summed E-state index contributed by atoms with van der Waals surface area (Å²) in [6, 6.07) is 11.1. The van der Waals surface area contributed by atoms with Crippen LogP contribution in [0.1, 0.15) is 24.1 Å². The molecule has 1 amide bonds. The molecule has 0 saturated heterocycles. The fraction of sp³-hybridized carbons (Fsp3) is 0.350. The van der Waals surface area contributed by atoms with Gasteiger partial charge >= 0.3 is 0 Å². The van der Waals surface area contributed by atoms with Crippen molar-refractivity contribution in [2.45, 2.75) is 19.5 Å². The van der Waals surface area contributed by atoms with Crippen molar-refractivity contribution in [3.8, 4) is 5.75 Å². The summed E-state index contributed by atoms with van der Waals surface area (Å²) in [7, 11) is 5.11. The predicted octanol–water partition coefficient (Wildman–Crippen LogP) is 3.62. The van der Waals surface area contributed by atoms with E-state index in [1.807, 2.05) is 31.2 Å². The highest BCUT2D eigenvalue weighted by molar-refractivity contribution is 5.78. The number of benzene rings is 2. The molecular formula is C20H24F2N2O2. The normalized spacial score (nSPS) is 12.1. The van der Waals surface area contributed by atoms with Gasteiger partial charge in [-0.15, -0.1) is 0 Å². The minimum absolute atomic E-state index is 0.0650. The molecule has 2 rings (SSSR count). The molecule has 1 atom stereocenters. The average molecular weight is 362 g/mol. The van der Waals surface area contributed by atoms with Gasteiger partial charge in [0.15, 0.2) is 11.6 Å². The molecule has 0 aliphatic rings. The lowest BCUT2D eigenvalue weighted by Crippen LogP contribution is -2.37. The molecule has 0 radical (unpaired) electrons. The Balaban J connectivity index is 1.97. The number of hydrogen-bond donors (Lipinski definition) is 0. The number of halogens is 2. The van der Waals surface area contributed by atoms with Gasteiger partial charge in [-0.05, 0) is 49.4 Å². The molecule has 0 aromatic heterocycles. The first-order valence-corrected chi connectivity index (χ1v) is 8.34. The number of methoxy groups -OCH3 is 1. The number of nitrogens with zero attached hydrogens (tertiary/aromatic N) is 2. The second kappa shape index (κ2) is 8.76. The summed E-state index contributed by atoms with van der Waals surface area (Å²) in [5.74, 6) is -1.08. The van der Waals surface area contributed by atoms with Gasteiger partial charge in [0.05, 0.1) is 13.7 Å². The number of amides is 1. The Morgan fingerprint density at radius 2 is 1.85 bits per heavy atom. The third-order valence-electron chi connectivity index (χ3n) is 4.45. The minimum Gasteiger partial charge on any atom is -0.497 e. The summed E-state index contributed by atoms with van der Waals surface area (Å²) in [6.07, 6.45) is 0. The van der Waals surface area contributed by atoms with E-state index < -0.39 is 11.6 Å². The lowest BCUT2D eigenvalue weighted by molar-refractivity contribution is -0.131. The first-order chi connectivity index (χ1) is 12.3. The summed E-state index contributed by atoms with van der Waals surface area (Å²) in [4.78, 5) is 15.9. The summed E-state index contributed by atoms with van der Waals surface area (Å²) < 4.78 is 31.7. The van der Waals surface area contributed by atoms with E-state index in [1.165, 1.54) is 12.1 Å². The Kier molecular flexibility index (Phi) is 6.69. The van der Waals surface area contributed by atoms with Gasteiger partial charge in [0, 0.05) is 19.6 Å². The van der Waals surface area contributed by atoms with E-state index in [-0.39, 0.29) is 18.5 Å². The van der Waals surface area contributed by atoms with Crippen molar-refractivity contribution in [3.05, 3.63) is 65.2 Å². The number of carbonyl (C=O) groups is 1. The quantitative estimate of drug-likeness (QED) is 0.754. The summed E-state index contributed by atoms with van der Waals surface area (Å²) in [5.41, 5.74) is 1.59. The van der Waals surface area contributed by atoms with Crippen LogP contribution in [-0.2, 0) is 11.3 Å². The SMILES string of the molecule is COc1cccc(CN(C)C(=O)CN(C)C(C)c2ccc(F)c(F)c2)c1. The highest BCUT2D eigenvalue weighted by Gasteiger charge is 2.18. The standard InChI is InChI=1S/C20H24F2N2O2/c1-14(16-8-9-18(21)19(22)11-16)23(2)13-20(25)24(3)12-15-6-5-7-17(10-15)26-4/h5-11,14H,12-13H2,1-4H3. The number of carbonyl (C=O) groups excluding carboxylic acids is 1. The second-order valence-electron chi connectivity index (χ2n) is 6.37. The Bertz CT molecular complexity index is 767. The molecule has 26 heavy (non-hydrogen) atoms. The van der Waals surface area contributed by atoms with Crippen LogP contribution < -0.4 is 4.74 Å². The van der Waals surface area contributed by atoms with Gasteiger partial charge in [0.1, 0.15) is 5.75 Å². The van der Waals surface area contributed by atoms with E-state index in [9.17, 15) is 13.6 Å². The zero-order chi connectivity index (χ0) is 19.3. The summed E-state index contributed by atoms with van der Waals surface area (Å²) >= 11 is 0. The van der Waals surface area contributed by atoms with E-state index in [0.29, 0.717) is 12.1 Å². The van der Waals surface area contributed by atoms with Gasteiger partial charge in [-0.25, -0.2) is 8.78 Å². The zero-order valence-corrected chi connectivity index (χ0v) is 15.5. The molecule has 1 unspecified atom stereocenters. The van der Waals surface area contributed by atoms with Gasteiger partial charge in [-0.1, -0.05) is 18.2 Å². The third-order valence-corrected chi connectivity index (χ3v) is 4.45. The van der Waals surface area contributed by atoms with Crippen LogP contribution in [-0.4, -0.2) is 43.5 Å². The van der Waals surface area contributed by atoms with Crippen LogP contribution in [0, 0.1) is 11.6 Å². The van der Waals surface area contributed by atoms with Crippen molar-refractivity contribution in [1.82, 2.24) is 9.80 Å². The average Bonchev–Trinajstić information content (AvgIpc) is 2.63. The number of rotatable bonds is 7. The molecule has 0 N–H and O–H groups in total. The fourth-order valence-electron chi connectivity index (χ4n) is 2.63. The lowest BCUT2D eigenvalue weighted by Gasteiger charge is -2.27. The molecule has 0 bridgehead atoms. The van der Waals surface area contributed by atoms with Crippen LogP contribution in [0.5, 0.6) is 5.75 Å². The summed E-state index contributed by atoms with van der Waals surface area (Å²) in [6.45, 7) is 2.48. The van der Waals surface area contributed by atoms with Gasteiger partial charge in [-0.2, -0.15) is 0 Å². The highest BCUT2D eigenvalue weighted by atomic mass is 19.2. The third kappa shape index (κ3) is 5.02. The molecule has 0 aliphatic carbocycles. The first kappa shape index (κ1) is 19.8. The van der Waals surface area contributed by atoms with E-state index in [4.69, 9.17) is 4.74 Å². The monoisotopic (exact) mass is 362 g/mol. The minimum atomic E-state index is -0.885. The number of hydrogen-bond acceptors (Lipinski definition) is 3. The molecule has 2 aromatic rings. The van der Waals surface area contributed by atoms with E-state index in [0.717, 1.165) is 17.4 Å². The van der Waals surface area contributed by atoms with Crippen molar-refractivity contribution in [2.75, 3.05) is 27.7 Å². The molecule has 140 valence electrons. The smallest absolute Gasteiger partial charge is 0.236 e. The molecule has 2 aromatic carbocycles. The van der Waals surface area contributed by atoms with Crippen LogP contribution in [0.3, 0.4) is 0 Å². The van der Waals surface area contributed by atoms with E-state index in [2.05, 4.69) is 0 Å². The van der Waals surface area contributed by atoms with Crippen LogP contribution in [0.15, 0.2) is 42.5 Å². The Hall–Kier alpha value is -2.47. The fourth-order valence-corrected chi connectivity index (χ4v) is 2.63. The number of ether oxygens (including phenoxy) is 1. The van der Waals surface area contributed by atoms with Crippen LogP contribution >= 0.6 is 0 Å². The first-order valence-electron chi connectivity index (χ1n) is 8.34. The molecule has 0 heterocycles. The predicted molar refractivity (Wildman–Crippen MR) is 96.9 cm³/mol. The topological polar surface area (TPSA) is 32.8 Å². The van der Waals surface area contributed by atoms with Gasteiger partial charge in [0.25, 0.3) is 0 Å². The van der Waals surface area contributed by atoms with Crippen LogP contribution in [0.4, 0.5) is 8.78 Å². The molecule has 4 nitrogen and oxygen atoms in total. The maximum atomic E-state index is 13.4. The zero-order valence-electron chi connectivity index (χ0n) is 15.5. The Labute approximate surface area is 153 Å². The van der Waals surface area contributed by atoms with Crippen molar-refractivity contribution in [1.29, 1.82) is 0 Å². The van der Waals surface area contributed by atoms with Crippen molar-refractivity contribution >= 4 is 5.91 Å². The molecule has 0 saturated carbocycles. The molecule has 6 heteroatoms. The van der Waals surface area contributed by atoms with E-state index in [1.54, 1.807) is 31.0 Å². The van der Waals surface area contributed by atoms with Crippen LogP contribution in [0.2, 0.25) is 0 Å². The molecule has 0 spiro atoms. The van der Waals surface area contributed by atoms with Crippen molar-refractivity contribution in [3.63, 3.8) is 0 Å². The second-order valence-corrected chi connectivity index (χ2v) is 6.37. The van der Waals surface area contributed by atoms with Crippen LogP contribution in [0.25, 0.3) is 0 Å². The van der Waals surface area contributed by atoms with Crippen molar-refractivity contribution < 1.29 is 18.3 Å². The highest BCUT2D eigenvalue weighted by Crippen LogP contribution is 2.21. The largest absolute Gasteiger partial charge is 0.497 e. The van der Waals surface area contributed by atoms with Gasteiger partial charge < -0.3 is 9.64 Å².